The second-order valence-electron chi connectivity index (χ2n) is 5.50. The first-order chi connectivity index (χ1) is 9.86. The second-order valence-corrected chi connectivity index (χ2v) is 5.50. The van der Waals surface area contributed by atoms with Gasteiger partial charge in [0.05, 0.1) is 0 Å². The largest absolute Gasteiger partial charge is 0.423 e. The third-order valence-corrected chi connectivity index (χ3v) is 4.00. The van der Waals surface area contributed by atoms with Crippen molar-refractivity contribution in [2.24, 2.45) is 0 Å². The Morgan fingerprint density at radius 1 is 1.10 bits per heavy atom. The molecule has 1 aromatic carbocycles. The van der Waals surface area contributed by atoms with Gasteiger partial charge < -0.3 is 9.32 Å². The zero-order valence-corrected chi connectivity index (χ0v) is 12.2. The zero-order chi connectivity index (χ0) is 13.8. The topological polar surface area (TPSA) is 32.5 Å². The van der Waals surface area contributed by atoms with Gasteiger partial charge in [-0.1, -0.05) is 31.9 Å². The molecule has 0 aliphatic carbocycles. The lowest BCUT2D eigenvalue weighted by atomic mass is 10.2. The van der Waals surface area contributed by atoms with Gasteiger partial charge in [0, 0.05) is 26.2 Å². The summed E-state index contributed by atoms with van der Waals surface area (Å²) >= 11 is 0. The Bertz CT molecular complexity index is 510. The molecule has 1 fully saturated rings. The zero-order valence-electron chi connectivity index (χ0n) is 12.2. The third kappa shape index (κ3) is 2.96. The molecule has 108 valence electrons. The number of aromatic nitrogens is 1. The Morgan fingerprint density at radius 2 is 1.90 bits per heavy atom. The molecule has 1 aromatic heterocycles. The van der Waals surface area contributed by atoms with E-state index in [2.05, 4.69) is 21.7 Å². The highest BCUT2D eigenvalue weighted by atomic mass is 16.4. The van der Waals surface area contributed by atoms with Gasteiger partial charge in [0.1, 0.15) is 5.52 Å². The maximum Gasteiger partial charge on any atom is 0.298 e. The molecule has 3 rings (SSSR count). The summed E-state index contributed by atoms with van der Waals surface area (Å²) in [5.74, 6) is 0. The van der Waals surface area contributed by atoms with E-state index < -0.39 is 0 Å². The first kappa shape index (κ1) is 13.4. The maximum absolute atomic E-state index is 5.84. The first-order valence-electron chi connectivity index (χ1n) is 7.69. The molecule has 0 unspecified atom stereocenters. The monoisotopic (exact) mass is 273 g/mol. The molecule has 20 heavy (non-hydrogen) atoms. The Balaban J connectivity index is 1.57. The predicted octanol–water partition coefficient (Wildman–Crippen LogP) is 3.14. The SMILES string of the molecule is CCCCCN1CCN(c2nc3ccccc3o2)CC1. The fourth-order valence-electron chi connectivity index (χ4n) is 2.74. The van der Waals surface area contributed by atoms with Crippen molar-refractivity contribution in [3.8, 4) is 0 Å². The van der Waals surface area contributed by atoms with E-state index in [1.165, 1.54) is 25.8 Å². The van der Waals surface area contributed by atoms with Crippen LogP contribution in [0.4, 0.5) is 6.01 Å². The first-order valence-corrected chi connectivity index (χ1v) is 7.69. The summed E-state index contributed by atoms with van der Waals surface area (Å²) in [6, 6.07) is 8.75. The van der Waals surface area contributed by atoms with E-state index in [1.807, 2.05) is 24.3 Å². The number of oxazole rings is 1. The van der Waals surface area contributed by atoms with Crippen molar-refractivity contribution in [1.82, 2.24) is 9.88 Å². The molecule has 4 heteroatoms. The summed E-state index contributed by atoms with van der Waals surface area (Å²) in [4.78, 5) is 9.39. The number of hydrogen-bond donors (Lipinski definition) is 0. The van der Waals surface area contributed by atoms with Gasteiger partial charge >= 0.3 is 0 Å². The van der Waals surface area contributed by atoms with Crippen molar-refractivity contribution < 1.29 is 4.42 Å². The smallest absolute Gasteiger partial charge is 0.298 e. The van der Waals surface area contributed by atoms with Crippen molar-refractivity contribution in [2.75, 3.05) is 37.6 Å². The molecule has 1 aliphatic rings. The lowest BCUT2D eigenvalue weighted by Gasteiger charge is -2.33. The summed E-state index contributed by atoms with van der Waals surface area (Å²) in [6.45, 7) is 7.74. The summed E-state index contributed by atoms with van der Waals surface area (Å²) in [6.07, 6.45) is 3.95. The number of para-hydroxylation sites is 2. The normalized spacial score (nSPS) is 16.9. The van der Waals surface area contributed by atoms with Gasteiger partial charge in [0.2, 0.25) is 0 Å². The average Bonchev–Trinajstić information content (AvgIpc) is 2.92. The highest BCUT2D eigenvalue weighted by molar-refractivity contribution is 5.74. The van der Waals surface area contributed by atoms with Gasteiger partial charge in [-0.15, -0.1) is 0 Å². The Hall–Kier alpha value is -1.55. The summed E-state index contributed by atoms with van der Waals surface area (Å²) in [7, 11) is 0. The van der Waals surface area contributed by atoms with E-state index in [0.717, 1.165) is 43.3 Å². The second kappa shape index (κ2) is 6.27. The van der Waals surface area contributed by atoms with Gasteiger partial charge in [-0.05, 0) is 25.1 Å². The Morgan fingerprint density at radius 3 is 2.65 bits per heavy atom. The van der Waals surface area contributed by atoms with Crippen LogP contribution in [-0.4, -0.2) is 42.6 Å². The molecule has 0 N–H and O–H groups in total. The molecule has 0 radical (unpaired) electrons. The molecule has 0 amide bonds. The number of benzene rings is 1. The molecule has 1 saturated heterocycles. The minimum absolute atomic E-state index is 0.777. The highest BCUT2D eigenvalue weighted by Crippen LogP contribution is 2.22. The number of unbranched alkanes of at least 4 members (excludes halogenated alkanes) is 2. The van der Waals surface area contributed by atoms with Crippen molar-refractivity contribution in [3.63, 3.8) is 0 Å². The number of nitrogens with zero attached hydrogens (tertiary/aromatic N) is 3. The van der Waals surface area contributed by atoms with Gasteiger partial charge in [-0.3, -0.25) is 4.90 Å². The molecule has 0 saturated carbocycles. The van der Waals surface area contributed by atoms with Crippen LogP contribution < -0.4 is 4.90 Å². The van der Waals surface area contributed by atoms with Crippen LogP contribution in [0.3, 0.4) is 0 Å². The Labute approximate surface area is 120 Å². The molecule has 0 atom stereocenters. The fourth-order valence-corrected chi connectivity index (χ4v) is 2.74. The minimum Gasteiger partial charge on any atom is -0.423 e. The molecule has 2 heterocycles. The van der Waals surface area contributed by atoms with Crippen LogP contribution >= 0.6 is 0 Å². The van der Waals surface area contributed by atoms with Crippen molar-refractivity contribution >= 4 is 17.1 Å². The van der Waals surface area contributed by atoms with E-state index in [9.17, 15) is 0 Å². The summed E-state index contributed by atoms with van der Waals surface area (Å²) < 4.78 is 5.84. The van der Waals surface area contributed by atoms with E-state index in [-0.39, 0.29) is 0 Å². The molecule has 2 aromatic rings. The van der Waals surface area contributed by atoms with Crippen molar-refractivity contribution in [2.45, 2.75) is 26.2 Å². The number of hydrogen-bond acceptors (Lipinski definition) is 4. The fraction of sp³-hybridized carbons (Fsp3) is 0.562. The maximum atomic E-state index is 5.84. The number of rotatable bonds is 5. The van der Waals surface area contributed by atoms with Crippen molar-refractivity contribution in [1.29, 1.82) is 0 Å². The lowest BCUT2D eigenvalue weighted by Crippen LogP contribution is -2.46. The third-order valence-electron chi connectivity index (χ3n) is 4.00. The quantitative estimate of drug-likeness (QED) is 0.783. The van der Waals surface area contributed by atoms with Crippen LogP contribution in [0.5, 0.6) is 0 Å². The van der Waals surface area contributed by atoms with E-state index >= 15 is 0 Å². The van der Waals surface area contributed by atoms with Crippen LogP contribution in [0.25, 0.3) is 11.1 Å². The minimum atomic E-state index is 0.777. The molecule has 4 nitrogen and oxygen atoms in total. The standard InChI is InChI=1S/C16H23N3O/c1-2-3-6-9-18-10-12-19(13-11-18)16-17-14-7-4-5-8-15(14)20-16/h4-5,7-8H,2-3,6,9-13H2,1H3. The van der Waals surface area contributed by atoms with Crippen LogP contribution in [0, 0.1) is 0 Å². The van der Waals surface area contributed by atoms with Crippen LogP contribution in [-0.2, 0) is 0 Å². The summed E-state index contributed by atoms with van der Waals surface area (Å²) in [5.41, 5.74) is 1.83. The molecular formula is C16H23N3O. The molecule has 1 aliphatic heterocycles. The van der Waals surface area contributed by atoms with Crippen LogP contribution in [0.1, 0.15) is 26.2 Å². The lowest BCUT2D eigenvalue weighted by molar-refractivity contribution is 0.248. The van der Waals surface area contributed by atoms with Gasteiger partial charge in [0.15, 0.2) is 5.58 Å². The van der Waals surface area contributed by atoms with Gasteiger partial charge in [-0.2, -0.15) is 4.98 Å². The van der Waals surface area contributed by atoms with Crippen LogP contribution in [0.2, 0.25) is 0 Å². The van der Waals surface area contributed by atoms with Gasteiger partial charge in [-0.25, -0.2) is 0 Å². The number of anilines is 1. The van der Waals surface area contributed by atoms with Gasteiger partial charge in [0.25, 0.3) is 6.01 Å². The van der Waals surface area contributed by atoms with E-state index in [1.54, 1.807) is 0 Å². The number of piperazine rings is 1. The van der Waals surface area contributed by atoms with Crippen molar-refractivity contribution in [3.05, 3.63) is 24.3 Å². The summed E-state index contributed by atoms with van der Waals surface area (Å²) in [5, 5.41) is 0. The molecular weight excluding hydrogens is 250 g/mol. The predicted molar refractivity (Wildman–Crippen MR) is 82.2 cm³/mol. The Kier molecular flexibility index (Phi) is 4.21. The van der Waals surface area contributed by atoms with E-state index in [0.29, 0.717) is 0 Å². The molecule has 0 spiro atoms. The average molecular weight is 273 g/mol. The van der Waals surface area contributed by atoms with Crippen LogP contribution in [0.15, 0.2) is 28.7 Å². The highest BCUT2D eigenvalue weighted by Gasteiger charge is 2.20. The number of fused-ring (bicyclic) bond motifs is 1. The van der Waals surface area contributed by atoms with E-state index in [4.69, 9.17) is 4.42 Å². The molecule has 0 bridgehead atoms.